The molecule has 2 aliphatic rings. The molecule has 1 aromatic rings. The van der Waals surface area contributed by atoms with Crippen molar-refractivity contribution in [1.29, 1.82) is 0 Å². The molecule has 2 fully saturated rings. The number of ketones is 1. The van der Waals surface area contributed by atoms with E-state index in [4.69, 9.17) is 0 Å². The van der Waals surface area contributed by atoms with Crippen LogP contribution < -0.4 is 14.9 Å². The average molecular weight is 393 g/mol. The minimum Gasteiger partial charge on any atom is -0.545 e. The lowest BCUT2D eigenvalue weighted by Gasteiger charge is -2.36. The van der Waals surface area contributed by atoms with E-state index in [1.165, 1.54) is 0 Å². The van der Waals surface area contributed by atoms with Crippen LogP contribution in [0, 0.1) is 16.7 Å². The summed E-state index contributed by atoms with van der Waals surface area (Å²) < 4.78 is 27.7. The second kappa shape index (κ2) is 6.05. The van der Waals surface area contributed by atoms with Gasteiger partial charge in [0.1, 0.15) is 5.78 Å². The first-order valence-electron chi connectivity index (χ1n) is 8.49. The number of rotatable bonds is 6. The van der Waals surface area contributed by atoms with Gasteiger partial charge in [-0.1, -0.05) is 13.8 Å². The molecule has 0 radical (unpaired) electrons. The normalized spacial score (nSPS) is 26.1. The molecule has 1 N–H and O–H groups in total. The van der Waals surface area contributed by atoms with Gasteiger partial charge in [0, 0.05) is 12.1 Å². The van der Waals surface area contributed by atoms with E-state index in [0.29, 0.717) is 12.8 Å². The van der Waals surface area contributed by atoms with Gasteiger partial charge in [0.25, 0.3) is 0 Å². The fraction of sp³-hybridized carbons (Fsp3) is 0.500. The molecule has 0 saturated heterocycles. The Bertz CT molecular complexity index is 918. The van der Waals surface area contributed by atoms with Crippen LogP contribution in [0.2, 0.25) is 0 Å². The van der Waals surface area contributed by atoms with Crippen LogP contribution in [-0.2, 0) is 14.8 Å². The Labute approximate surface area is 156 Å². The molecule has 0 amide bonds. The van der Waals surface area contributed by atoms with E-state index in [-0.39, 0.29) is 17.4 Å². The van der Waals surface area contributed by atoms with Gasteiger partial charge in [-0.05, 0) is 53.5 Å². The van der Waals surface area contributed by atoms with Gasteiger partial charge in [-0.2, -0.15) is 0 Å². The molecule has 1 aromatic carbocycles. The fourth-order valence-electron chi connectivity index (χ4n) is 4.57. The average Bonchev–Trinajstić information content (AvgIpc) is 2.87. The number of hydrogen-bond acceptors (Lipinski definition) is 7. The first-order valence-corrected chi connectivity index (χ1v) is 10.1. The van der Waals surface area contributed by atoms with Crippen LogP contribution in [0.15, 0.2) is 18.2 Å². The van der Waals surface area contributed by atoms with Crippen LogP contribution in [0.25, 0.3) is 0 Å². The third-order valence-electron chi connectivity index (χ3n) is 6.25. The number of carbonyl (C=O) groups is 3. The highest BCUT2D eigenvalue weighted by atomic mass is 32.2. The summed E-state index contributed by atoms with van der Waals surface area (Å²) in [5.41, 5.74) is -2.67. The highest BCUT2D eigenvalue weighted by Gasteiger charge is 2.65. The van der Waals surface area contributed by atoms with Gasteiger partial charge in [0.15, 0.2) is 0 Å². The van der Waals surface area contributed by atoms with Crippen molar-refractivity contribution in [2.45, 2.75) is 33.1 Å². The minimum atomic E-state index is -4.05. The highest BCUT2D eigenvalue weighted by molar-refractivity contribution is 7.92. The Morgan fingerprint density at radius 1 is 1.15 bits per heavy atom. The number of aromatic carboxylic acids is 2. The Hall–Kier alpha value is -2.42. The molecule has 0 spiro atoms. The van der Waals surface area contributed by atoms with E-state index in [9.17, 15) is 33.0 Å². The summed E-state index contributed by atoms with van der Waals surface area (Å²) in [5, 5.41) is 22.1. The summed E-state index contributed by atoms with van der Waals surface area (Å²) >= 11 is 0. The molecule has 9 heteroatoms. The number of carboxylic acids is 2. The Balaban J connectivity index is 1.93. The van der Waals surface area contributed by atoms with Crippen molar-refractivity contribution in [3.05, 3.63) is 29.3 Å². The summed E-state index contributed by atoms with van der Waals surface area (Å²) in [7, 11) is -4.05. The van der Waals surface area contributed by atoms with Gasteiger partial charge in [-0.15, -0.1) is 0 Å². The van der Waals surface area contributed by atoms with Crippen LogP contribution in [0.3, 0.4) is 0 Å². The summed E-state index contributed by atoms with van der Waals surface area (Å²) in [6, 6.07) is 2.76. The van der Waals surface area contributed by atoms with Gasteiger partial charge < -0.3 is 19.8 Å². The van der Waals surface area contributed by atoms with Crippen molar-refractivity contribution >= 4 is 33.4 Å². The molecular weight excluding hydrogens is 374 g/mol. The zero-order valence-electron chi connectivity index (χ0n) is 14.9. The van der Waals surface area contributed by atoms with Crippen molar-refractivity contribution in [3.8, 4) is 0 Å². The third kappa shape index (κ3) is 3.09. The second-order valence-corrected chi connectivity index (χ2v) is 9.62. The maximum atomic E-state index is 12.7. The first kappa shape index (κ1) is 19.3. The number of sulfonamides is 1. The fourth-order valence-corrected chi connectivity index (χ4v) is 6.45. The Morgan fingerprint density at radius 2 is 1.70 bits per heavy atom. The third-order valence-corrected chi connectivity index (χ3v) is 7.67. The van der Waals surface area contributed by atoms with Crippen molar-refractivity contribution in [2.24, 2.45) is 16.7 Å². The largest absolute Gasteiger partial charge is 0.545 e. The predicted molar refractivity (Wildman–Crippen MR) is 91.1 cm³/mol. The van der Waals surface area contributed by atoms with Crippen molar-refractivity contribution < 1.29 is 33.0 Å². The summed E-state index contributed by atoms with van der Waals surface area (Å²) in [4.78, 5) is 34.6. The zero-order chi connectivity index (χ0) is 20.2. The molecule has 2 saturated carbocycles. The maximum Gasteiger partial charge on any atom is 0.233 e. The van der Waals surface area contributed by atoms with E-state index in [0.717, 1.165) is 24.6 Å². The van der Waals surface area contributed by atoms with Crippen LogP contribution in [-0.4, -0.2) is 31.9 Å². The molecule has 146 valence electrons. The summed E-state index contributed by atoms with van der Waals surface area (Å²) in [6.45, 7) is 3.80. The van der Waals surface area contributed by atoms with Crippen LogP contribution >= 0.6 is 0 Å². The molecule has 3 rings (SSSR count). The number of Topliss-reactive ketones (excluding diaryl/α,β-unsaturated/α-hetero) is 1. The molecule has 0 unspecified atom stereocenters. The maximum absolute atomic E-state index is 12.7. The molecule has 2 aliphatic carbocycles. The SMILES string of the molecule is CC1(C)[C@@H]2CC[C@]1(CS(=O)(=O)Nc1cc(C(=O)[O-])cc(C(=O)[O-])c1)C(=O)C2. The second-order valence-electron chi connectivity index (χ2n) is 7.90. The monoisotopic (exact) mass is 393 g/mol. The Morgan fingerprint density at radius 3 is 2.11 bits per heavy atom. The molecule has 0 aliphatic heterocycles. The lowest BCUT2D eigenvalue weighted by Crippen LogP contribution is -2.43. The molecule has 2 atom stereocenters. The van der Waals surface area contributed by atoms with Gasteiger partial charge in [0.05, 0.1) is 23.1 Å². The van der Waals surface area contributed by atoms with Gasteiger partial charge in [0.2, 0.25) is 10.0 Å². The number of benzene rings is 1. The molecule has 0 heterocycles. The van der Waals surface area contributed by atoms with E-state index < -0.39 is 49.7 Å². The summed E-state index contributed by atoms with van der Waals surface area (Å²) in [5.74, 6) is -3.66. The van der Waals surface area contributed by atoms with Gasteiger partial charge >= 0.3 is 0 Å². The molecule has 2 bridgehead atoms. The van der Waals surface area contributed by atoms with Crippen molar-refractivity contribution in [2.75, 3.05) is 10.5 Å². The molecule has 0 aromatic heterocycles. The molecule has 27 heavy (non-hydrogen) atoms. The first-order chi connectivity index (χ1) is 12.4. The van der Waals surface area contributed by atoms with Crippen molar-refractivity contribution in [3.63, 3.8) is 0 Å². The number of hydrogen-bond donors (Lipinski definition) is 1. The number of nitrogens with one attached hydrogen (secondary N) is 1. The van der Waals surface area contributed by atoms with E-state index >= 15 is 0 Å². The van der Waals surface area contributed by atoms with Crippen molar-refractivity contribution in [1.82, 2.24) is 0 Å². The quantitative estimate of drug-likeness (QED) is 0.689. The van der Waals surface area contributed by atoms with E-state index in [2.05, 4.69) is 4.72 Å². The van der Waals surface area contributed by atoms with Gasteiger partial charge in [-0.25, -0.2) is 8.42 Å². The highest BCUT2D eigenvalue weighted by Crippen LogP contribution is 2.64. The van der Waals surface area contributed by atoms with Crippen LogP contribution in [0.5, 0.6) is 0 Å². The van der Waals surface area contributed by atoms with Crippen LogP contribution in [0.1, 0.15) is 53.8 Å². The topological polar surface area (TPSA) is 144 Å². The predicted octanol–water partition coefficient (Wildman–Crippen LogP) is -0.449. The smallest absolute Gasteiger partial charge is 0.233 e. The van der Waals surface area contributed by atoms with E-state index in [1.807, 2.05) is 13.8 Å². The number of carboxylic acid groups (broad SMARTS) is 2. The van der Waals surface area contributed by atoms with Gasteiger partial charge in [-0.3, -0.25) is 9.52 Å². The lowest BCUT2D eigenvalue weighted by molar-refractivity contribution is -0.255. The molecular formula is C18H19NO7S-2. The standard InChI is InChI=1S/C18H21NO7S/c1-17(2)12-3-4-18(17,14(20)8-12)9-27(25,26)19-13-6-10(15(21)22)5-11(7-13)16(23)24/h5-7,12,19H,3-4,8-9H2,1-2H3,(H,21,22)(H,23,24)/p-2/t12-,18+/m1/s1. The summed E-state index contributed by atoms with van der Waals surface area (Å²) in [6.07, 6.45) is 1.62. The minimum absolute atomic E-state index is 0.0759. The zero-order valence-corrected chi connectivity index (χ0v) is 15.7. The lowest BCUT2D eigenvalue weighted by atomic mass is 9.70. The number of carbonyl (C=O) groups excluding carboxylic acids is 3. The number of anilines is 1. The Kier molecular flexibility index (Phi) is 4.33. The van der Waals surface area contributed by atoms with Crippen LogP contribution in [0.4, 0.5) is 5.69 Å². The number of fused-ring (bicyclic) bond motifs is 2. The van der Waals surface area contributed by atoms with E-state index in [1.54, 1.807) is 0 Å². The molecule has 8 nitrogen and oxygen atoms in total.